The lowest BCUT2D eigenvalue weighted by atomic mass is 10.2. The van der Waals surface area contributed by atoms with Crippen molar-refractivity contribution in [3.05, 3.63) is 27.7 Å². The average Bonchev–Trinajstić information content (AvgIpc) is 2.93. The number of nitrogen functional groups attached to an aromatic ring is 1. The maximum Gasteiger partial charge on any atom is 0.252 e. The number of halogens is 2. The van der Waals surface area contributed by atoms with Crippen LogP contribution in [-0.4, -0.2) is 36.5 Å². The molecule has 6 heteroatoms. The first-order valence-corrected chi connectivity index (χ1v) is 7.51. The minimum absolute atomic E-state index is 0.241. The van der Waals surface area contributed by atoms with Gasteiger partial charge in [-0.05, 0) is 45.0 Å². The second kappa shape index (κ2) is 6.66. The molecule has 1 aliphatic rings. The summed E-state index contributed by atoms with van der Waals surface area (Å²) < 4.78 is 0. The van der Waals surface area contributed by atoms with Crippen LogP contribution in [0.3, 0.4) is 0 Å². The van der Waals surface area contributed by atoms with E-state index in [1.54, 1.807) is 6.07 Å². The van der Waals surface area contributed by atoms with Crippen molar-refractivity contribution in [2.75, 3.05) is 25.4 Å². The normalized spacial score (nSPS) is 17.1. The molecule has 0 aliphatic carbocycles. The van der Waals surface area contributed by atoms with Gasteiger partial charge >= 0.3 is 0 Å². The molecule has 1 fully saturated rings. The van der Waals surface area contributed by atoms with E-state index in [0.29, 0.717) is 28.9 Å². The Hall–Kier alpha value is -0.970. The zero-order valence-electron chi connectivity index (χ0n) is 11.5. The molecule has 1 saturated heterocycles. The van der Waals surface area contributed by atoms with Gasteiger partial charge in [0.15, 0.2) is 0 Å². The molecular weight excluding hydrogens is 297 g/mol. The fourth-order valence-electron chi connectivity index (χ4n) is 2.42. The van der Waals surface area contributed by atoms with Gasteiger partial charge in [0.2, 0.25) is 0 Å². The van der Waals surface area contributed by atoms with Crippen molar-refractivity contribution in [1.82, 2.24) is 10.2 Å². The topological polar surface area (TPSA) is 58.4 Å². The molecule has 3 N–H and O–H groups in total. The number of anilines is 1. The van der Waals surface area contributed by atoms with Gasteiger partial charge < -0.3 is 11.1 Å². The molecule has 1 aromatic carbocycles. The maximum atomic E-state index is 12.2. The van der Waals surface area contributed by atoms with Gasteiger partial charge in [0.05, 0.1) is 15.6 Å². The van der Waals surface area contributed by atoms with E-state index in [0.717, 1.165) is 13.1 Å². The number of nitrogens with one attached hydrogen (secondary N) is 1. The molecule has 0 saturated carbocycles. The highest BCUT2D eigenvalue weighted by Gasteiger charge is 2.20. The third-order valence-corrected chi connectivity index (χ3v) is 4.42. The molecule has 0 spiro atoms. The smallest absolute Gasteiger partial charge is 0.252 e. The lowest BCUT2D eigenvalue weighted by molar-refractivity contribution is 0.0940. The molecule has 0 radical (unpaired) electrons. The zero-order chi connectivity index (χ0) is 14.7. The summed E-state index contributed by atoms with van der Waals surface area (Å²) in [5.41, 5.74) is 6.44. The predicted molar refractivity (Wildman–Crippen MR) is 83.5 cm³/mol. The predicted octanol–water partition coefficient (Wildman–Crippen LogP) is 2.79. The number of nitrogens with two attached hydrogens (primary N) is 1. The third kappa shape index (κ3) is 3.57. The number of nitrogens with zero attached hydrogens (tertiary/aromatic N) is 1. The molecule has 20 heavy (non-hydrogen) atoms. The summed E-state index contributed by atoms with van der Waals surface area (Å²) in [6.45, 7) is 4.89. The average molecular weight is 316 g/mol. The molecule has 2 rings (SSSR count). The standard InChI is InChI=1S/C14H19Cl2N3O/c1-9(19-4-2-3-5-19)8-18-14(20)11-6-10(17)7-12(15)13(11)16/h6-7,9H,2-5,8,17H2,1H3,(H,18,20). The summed E-state index contributed by atoms with van der Waals surface area (Å²) in [7, 11) is 0. The van der Waals surface area contributed by atoms with Crippen molar-refractivity contribution in [2.24, 2.45) is 0 Å². The SMILES string of the molecule is CC(CNC(=O)c1cc(N)cc(Cl)c1Cl)N1CCCC1. The van der Waals surface area contributed by atoms with Gasteiger partial charge in [0, 0.05) is 18.3 Å². The van der Waals surface area contributed by atoms with Gasteiger partial charge in [-0.3, -0.25) is 9.69 Å². The summed E-state index contributed by atoms with van der Waals surface area (Å²) in [5, 5.41) is 3.43. The molecule has 110 valence electrons. The molecule has 1 amide bonds. The maximum absolute atomic E-state index is 12.2. The van der Waals surface area contributed by atoms with Crippen molar-refractivity contribution >= 4 is 34.8 Å². The van der Waals surface area contributed by atoms with Gasteiger partial charge in [-0.15, -0.1) is 0 Å². The first-order chi connectivity index (χ1) is 9.49. The van der Waals surface area contributed by atoms with E-state index in [2.05, 4.69) is 17.1 Å². The van der Waals surface area contributed by atoms with Crippen LogP contribution in [0.15, 0.2) is 12.1 Å². The van der Waals surface area contributed by atoms with Gasteiger partial charge in [0.1, 0.15) is 0 Å². The van der Waals surface area contributed by atoms with Crippen LogP contribution in [0.2, 0.25) is 10.0 Å². The number of carbonyl (C=O) groups is 1. The minimum atomic E-state index is -0.241. The first-order valence-electron chi connectivity index (χ1n) is 6.76. The Morgan fingerprint density at radius 3 is 2.70 bits per heavy atom. The number of benzene rings is 1. The van der Waals surface area contributed by atoms with Crippen LogP contribution in [0, 0.1) is 0 Å². The number of likely N-dealkylation sites (tertiary alicyclic amines) is 1. The quantitative estimate of drug-likeness (QED) is 0.840. The van der Waals surface area contributed by atoms with E-state index < -0.39 is 0 Å². The van der Waals surface area contributed by atoms with Crippen molar-refractivity contribution in [1.29, 1.82) is 0 Å². The van der Waals surface area contributed by atoms with Gasteiger partial charge in [-0.25, -0.2) is 0 Å². The number of amides is 1. The van der Waals surface area contributed by atoms with E-state index >= 15 is 0 Å². The van der Waals surface area contributed by atoms with Crippen LogP contribution in [0.5, 0.6) is 0 Å². The number of rotatable bonds is 4. The summed E-state index contributed by atoms with van der Waals surface area (Å²) in [6.07, 6.45) is 2.46. The largest absolute Gasteiger partial charge is 0.399 e. The van der Waals surface area contributed by atoms with E-state index in [-0.39, 0.29) is 10.9 Å². The Kier molecular flexibility index (Phi) is 5.13. The Balaban J connectivity index is 1.98. The lowest BCUT2D eigenvalue weighted by Gasteiger charge is -2.24. The molecule has 1 aromatic rings. The Morgan fingerprint density at radius 1 is 1.40 bits per heavy atom. The van der Waals surface area contributed by atoms with Gasteiger partial charge in [0.25, 0.3) is 5.91 Å². The molecule has 1 atom stereocenters. The van der Waals surface area contributed by atoms with E-state index in [4.69, 9.17) is 28.9 Å². The minimum Gasteiger partial charge on any atom is -0.399 e. The van der Waals surface area contributed by atoms with Crippen molar-refractivity contribution in [3.8, 4) is 0 Å². The molecule has 0 bridgehead atoms. The van der Waals surface area contributed by atoms with Crippen LogP contribution < -0.4 is 11.1 Å². The van der Waals surface area contributed by atoms with Crippen molar-refractivity contribution in [3.63, 3.8) is 0 Å². The monoisotopic (exact) mass is 315 g/mol. The second-order valence-corrected chi connectivity index (χ2v) is 5.95. The van der Waals surface area contributed by atoms with Gasteiger partial charge in [-0.1, -0.05) is 23.2 Å². The molecule has 4 nitrogen and oxygen atoms in total. The van der Waals surface area contributed by atoms with Crippen LogP contribution in [0.1, 0.15) is 30.1 Å². The highest BCUT2D eigenvalue weighted by atomic mass is 35.5. The van der Waals surface area contributed by atoms with Crippen LogP contribution in [0.4, 0.5) is 5.69 Å². The Bertz CT molecular complexity index is 501. The van der Waals surface area contributed by atoms with E-state index in [1.165, 1.54) is 18.9 Å². The summed E-state index contributed by atoms with van der Waals surface area (Å²) in [6, 6.07) is 3.40. The summed E-state index contributed by atoms with van der Waals surface area (Å²) >= 11 is 12.0. The van der Waals surface area contributed by atoms with E-state index in [9.17, 15) is 4.79 Å². The van der Waals surface area contributed by atoms with Crippen LogP contribution in [-0.2, 0) is 0 Å². The second-order valence-electron chi connectivity index (χ2n) is 5.17. The fraction of sp³-hybridized carbons (Fsp3) is 0.500. The van der Waals surface area contributed by atoms with Crippen molar-refractivity contribution < 1.29 is 4.79 Å². The van der Waals surface area contributed by atoms with Gasteiger partial charge in [-0.2, -0.15) is 0 Å². The van der Waals surface area contributed by atoms with Crippen LogP contribution >= 0.6 is 23.2 Å². The lowest BCUT2D eigenvalue weighted by Crippen LogP contribution is -2.40. The molecule has 1 heterocycles. The number of hydrogen-bond acceptors (Lipinski definition) is 3. The Morgan fingerprint density at radius 2 is 2.05 bits per heavy atom. The van der Waals surface area contributed by atoms with E-state index in [1.807, 2.05) is 0 Å². The molecular formula is C14H19Cl2N3O. The molecule has 0 aromatic heterocycles. The zero-order valence-corrected chi connectivity index (χ0v) is 13.0. The number of hydrogen-bond donors (Lipinski definition) is 2. The first kappa shape index (κ1) is 15.4. The number of carbonyl (C=O) groups excluding carboxylic acids is 1. The third-order valence-electron chi connectivity index (χ3n) is 3.62. The Labute approximate surface area is 129 Å². The van der Waals surface area contributed by atoms with Crippen molar-refractivity contribution in [2.45, 2.75) is 25.8 Å². The fourth-order valence-corrected chi connectivity index (χ4v) is 2.85. The van der Waals surface area contributed by atoms with Crippen LogP contribution in [0.25, 0.3) is 0 Å². The molecule has 1 unspecified atom stereocenters. The molecule has 1 aliphatic heterocycles. The summed E-state index contributed by atoms with van der Waals surface area (Å²) in [5.74, 6) is -0.241. The highest BCUT2D eigenvalue weighted by Crippen LogP contribution is 2.28. The summed E-state index contributed by atoms with van der Waals surface area (Å²) in [4.78, 5) is 14.5. The highest BCUT2D eigenvalue weighted by molar-refractivity contribution is 6.44.